The zero-order valence-corrected chi connectivity index (χ0v) is 10.9. The first-order chi connectivity index (χ1) is 8.47. The maximum Gasteiger partial charge on any atom is 0.250 e. The average Bonchev–Trinajstić information content (AvgIpc) is 2.30. The summed E-state index contributed by atoms with van der Waals surface area (Å²) >= 11 is 12.4. The molecule has 7 heteroatoms. The molecular weight excluding hydrogens is 306 g/mol. The molecule has 0 saturated heterocycles. The molecule has 0 saturated carbocycles. The second kappa shape index (κ2) is 5.38. The highest BCUT2D eigenvalue weighted by Gasteiger charge is 2.14. The summed E-state index contributed by atoms with van der Waals surface area (Å²) < 4.78 is 39.0. The molecule has 1 heterocycles. The van der Waals surface area contributed by atoms with Gasteiger partial charge in [0, 0.05) is 16.0 Å². The van der Waals surface area contributed by atoms with Gasteiger partial charge in [0.15, 0.2) is 11.6 Å². The summed E-state index contributed by atoms with van der Waals surface area (Å²) in [6.45, 7) is 0. The third kappa shape index (κ3) is 2.91. The van der Waals surface area contributed by atoms with E-state index in [0.717, 1.165) is 11.8 Å². The quantitative estimate of drug-likeness (QED) is 0.727. The van der Waals surface area contributed by atoms with Gasteiger partial charge < -0.3 is 0 Å². The zero-order valence-electron chi connectivity index (χ0n) is 8.55. The highest BCUT2D eigenvalue weighted by atomic mass is 35.5. The molecule has 0 amide bonds. The van der Waals surface area contributed by atoms with Gasteiger partial charge in [0.2, 0.25) is 5.95 Å². The van der Waals surface area contributed by atoms with Gasteiger partial charge in [-0.25, -0.2) is 13.8 Å². The SMILES string of the molecule is Fc1cc(F)c(Sc2cc(Cl)ccc2Cl)nc1F. The largest absolute Gasteiger partial charge is 0.250 e. The monoisotopic (exact) mass is 309 g/mol. The maximum absolute atomic E-state index is 13.4. The molecule has 0 atom stereocenters. The molecule has 0 N–H and O–H groups in total. The van der Waals surface area contributed by atoms with Crippen molar-refractivity contribution in [1.82, 2.24) is 4.98 Å². The van der Waals surface area contributed by atoms with Crippen LogP contribution in [0.1, 0.15) is 0 Å². The molecule has 0 fully saturated rings. The van der Waals surface area contributed by atoms with E-state index in [0.29, 0.717) is 21.0 Å². The van der Waals surface area contributed by atoms with Crippen LogP contribution in [0.25, 0.3) is 0 Å². The van der Waals surface area contributed by atoms with Gasteiger partial charge in [-0.3, -0.25) is 0 Å². The Morgan fingerprint density at radius 3 is 2.44 bits per heavy atom. The van der Waals surface area contributed by atoms with Crippen molar-refractivity contribution in [2.24, 2.45) is 0 Å². The Bertz CT molecular complexity index is 607. The van der Waals surface area contributed by atoms with Gasteiger partial charge in [-0.2, -0.15) is 4.39 Å². The van der Waals surface area contributed by atoms with E-state index >= 15 is 0 Å². The van der Waals surface area contributed by atoms with Crippen molar-refractivity contribution in [3.05, 3.63) is 51.9 Å². The molecule has 0 aliphatic rings. The normalized spacial score (nSPS) is 10.7. The highest BCUT2D eigenvalue weighted by Crippen LogP contribution is 2.35. The van der Waals surface area contributed by atoms with Crippen LogP contribution in [0.4, 0.5) is 13.2 Å². The number of hydrogen-bond acceptors (Lipinski definition) is 2. The van der Waals surface area contributed by atoms with Crippen LogP contribution in [0.2, 0.25) is 10.0 Å². The molecule has 2 aromatic rings. The van der Waals surface area contributed by atoms with Gasteiger partial charge in [-0.05, 0) is 18.2 Å². The van der Waals surface area contributed by atoms with Crippen molar-refractivity contribution in [2.45, 2.75) is 9.92 Å². The third-order valence-corrected chi connectivity index (χ3v) is 3.67. The lowest BCUT2D eigenvalue weighted by molar-refractivity contribution is 0.448. The van der Waals surface area contributed by atoms with Gasteiger partial charge in [-0.15, -0.1) is 0 Å². The fourth-order valence-electron chi connectivity index (χ4n) is 1.16. The predicted molar refractivity (Wildman–Crippen MR) is 64.7 cm³/mol. The third-order valence-electron chi connectivity index (χ3n) is 1.95. The van der Waals surface area contributed by atoms with Crippen molar-refractivity contribution in [1.29, 1.82) is 0 Å². The smallest absolute Gasteiger partial charge is 0.207 e. The predicted octanol–water partition coefficient (Wildman–Crippen LogP) is 4.96. The van der Waals surface area contributed by atoms with Gasteiger partial charge in [0.1, 0.15) is 5.03 Å². The molecular formula is C11H4Cl2F3NS. The Labute approximate surface area is 115 Å². The number of rotatable bonds is 2. The van der Waals surface area contributed by atoms with E-state index in [-0.39, 0.29) is 5.03 Å². The Hall–Kier alpha value is -0.910. The average molecular weight is 310 g/mol. The van der Waals surface area contributed by atoms with Crippen LogP contribution in [-0.4, -0.2) is 4.98 Å². The molecule has 1 aromatic heterocycles. The standard InChI is InChI=1S/C11H4Cl2F3NS/c12-5-1-2-6(13)9(3-5)18-11-8(15)4-7(14)10(16)17-11/h1-4H. The van der Waals surface area contributed by atoms with E-state index in [1.807, 2.05) is 0 Å². The van der Waals surface area contributed by atoms with Crippen molar-refractivity contribution in [2.75, 3.05) is 0 Å². The summed E-state index contributed by atoms with van der Waals surface area (Å²) in [5.74, 6) is -3.67. The van der Waals surface area contributed by atoms with Crippen molar-refractivity contribution in [3.63, 3.8) is 0 Å². The van der Waals surface area contributed by atoms with E-state index in [4.69, 9.17) is 23.2 Å². The summed E-state index contributed by atoms with van der Waals surface area (Å²) in [6.07, 6.45) is 0. The number of pyridine rings is 1. The van der Waals surface area contributed by atoms with Crippen LogP contribution in [0.15, 0.2) is 34.2 Å². The summed E-state index contributed by atoms with van der Waals surface area (Å²) in [5.41, 5.74) is 0. The molecule has 1 aromatic carbocycles. The Kier molecular flexibility index (Phi) is 4.04. The fourth-order valence-corrected chi connectivity index (χ4v) is 2.47. The lowest BCUT2D eigenvalue weighted by Crippen LogP contribution is -1.95. The van der Waals surface area contributed by atoms with Gasteiger partial charge in [0.25, 0.3) is 0 Å². The second-order valence-corrected chi connectivity index (χ2v) is 5.10. The number of benzene rings is 1. The first-order valence-corrected chi connectivity index (χ1v) is 6.19. The van der Waals surface area contributed by atoms with E-state index in [1.165, 1.54) is 12.1 Å². The lowest BCUT2D eigenvalue weighted by Gasteiger charge is -2.05. The first kappa shape index (κ1) is 13.5. The molecule has 0 aliphatic heterocycles. The summed E-state index contributed by atoms with van der Waals surface area (Å²) in [6, 6.07) is 4.99. The van der Waals surface area contributed by atoms with Crippen molar-refractivity contribution < 1.29 is 13.2 Å². The number of nitrogens with zero attached hydrogens (tertiary/aromatic N) is 1. The minimum absolute atomic E-state index is 0.307. The lowest BCUT2D eigenvalue weighted by atomic mass is 10.4. The molecule has 0 spiro atoms. The van der Waals surface area contributed by atoms with E-state index in [9.17, 15) is 13.2 Å². The molecule has 0 radical (unpaired) electrons. The molecule has 0 unspecified atom stereocenters. The Balaban J connectivity index is 2.40. The zero-order chi connectivity index (χ0) is 13.3. The number of hydrogen-bond donors (Lipinski definition) is 0. The summed E-state index contributed by atoms with van der Waals surface area (Å²) in [7, 11) is 0. The molecule has 1 nitrogen and oxygen atoms in total. The van der Waals surface area contributed by atoms with E-state index < -0.39 is 17.6 Å². The fraction of sp³-hybridized carbons (Fsp3) is 0. The minimum Gasteiger partial charge on any atom is -0.207 e. The summed E-state index contributed by atoms with van der Waals surface area (Å²) in [4.78, 5) is 3.59. The first-order valence-electron chi connectivity index (χ1n) is 4.62. The van der Waals surface area contributed by atoms with Crippen LogP contribution in [0.5, 0.6) is 0 Å². The van der Waals surface area contributed by atoms with Crippen LogP contribution >= 0.6 is 35.0 Å². The van der Waals surface area contributed by atoms with Crippen LogP contribution in [-0.2, 0) is 0 Å². The van der Waals surface area contributed by atoms with Gasteiger partial charge in [-0.1, -0.05) is 35.0 Å². The van der Waals surface area contributed by atoms with Gasteiger partial charge >= 0.3 is 0 Å². The summed E-state index contributed by atoms with van der Waals surface area (Å²) in [5, 5.41) is 0.401. The Morgan fingerprint density at radius 2 is 1.72 bits per heavy atom. The Morgan fingerprint density at radius 1 is 1.00 bits per heavy atom. The minimum atomic E-state index is -1.36. The van der Waals surface area contributed by atoms with Crippen LogP contribution in [0, 0.1) is 17.6 Å². The van der Waals surface area contributed by atoms with E-state index in [1.54, 1.807) is 6.07 Å². The van der Waals surface area contributed by atoms with Gasteiger partial charge in [0.05, 0.1) is 5.02 Å². The maximum atomic E-state index is 13.4. The highest BCUT2D eigenvalue weighted by molar-refractivity contribution is 7.99. The molecule has 0 bridgehead atoms. The van der Waals surface area contributed by atoms with Crippen molar-refractivity contribution in [3.8, 4) is 0 Å². The topological polar surface area (TPSA) is 12.9 Å². The molecule has 94 valence electrons. The molecule has 18 heavy (non-hydrogen) atoms. The van der Waals surface area contributed by atoms with E-state index in [2.05, 4.69) is 4.98 Å². The molecule has 0 aliphatic carbocycles. The van der Waals surface area contributed by atoms with Crippen LogP contribution in [0.3, 0.4) is 0 Å². The second-order valence-electron chi connectivity index (χ2n) is 3.22. The molecule has 2 rings (SSSR count). The van der Waals surface area contributed by atoms with Crippen molar-refractivity contribution >= 4 is 35.0 Å². The van der Waals surface area contributed by atoms with Crippen LogP contribution < -0.4 is 0 Å². The number of halogens is 5. The number of aromatic nitrogens is 1.